The first-order valence-electron chi connectivity index (χ1n) is 8.16. The van der Waals surface area contributed by atoms with Crippen LogP contribution in [0.4, 0.5) is 5.82 Å². The highest BCUT2D eigenvalue weighted by Crippen LogP contribution is 2.37. The average molecular weight is 355 g/mol. The molecule has 0 spiro atoms. The van der Waals surface area contributed by atoms with E-state index in [2.05, 4.69) is 25.8 Å². The Kier molecular flexibility index (Phi) is 4.43. The maximum atomic E-state index is 11.9. The van der Waals surface area contributed by atoms with Crippen molar-refractivity contribution >= 4 is 39.5 Å². The van der Waals surface area contributed by atoms with Gasteiger partial charge in [-0.3, -0.25) is 4.79 Å². The van der Waals surface area contributed by atoms with Crippen molar-refractivity contribution in [2.75, 3.05) is 11.9 Å². The number of carbonyl (C=O) groups is 1. The highest BCUT2D eigenvalue weighted by Gasteiger charge is 2.19. The Morgan fingerprint density at radius 3 is 3.16 bits per heavy atom. The molecule has 0 aliphatic heterocycles. The Labute approximate surface area is 148 Å². The third kappa shape index (κ3) is 3.39. The summed E-state index contributed by atoms with van der Waals surface area (Å²) in [5, 5.41) is 8.04. The van der Waals surface area contributed by atoms with E-state index >= 15 is 0 Å². The number of hydrogen-bond donors (Lipinski definition) is 2. The van der Waals surface area contributed by atoms with E-state index in [0.717, 1.165) is 28.9 Å². The summed E-state index contributed by atoms with van der Waals surface area (Å²) in [6, 6.07) is 3.51. The highest BCUT2D eigenvalue weighted by molar-refractivity contribution is 7.19. The van der Waals surface area contributed by atoms with Gasteiger partial charge in [-0.05, 0) is 43.4 Å². The van der Waals surface area contributed by atoms with Crippen molar-refractivity contribution in [3.05, 3.63) is 40.9 Å². The van der Waals surface area contributed by atoms with Crippen molar-refractivity contribution in [2.24, 2.45) is 5.10 Å². The van der Waals surface area contributed by atoms with E-state index in [9.17, 15) is 4.79 Å². The molecule has 3 aromatic rings. The summed E-state index contributed by atoms with van der Waals surface area (Å²) in [6.45, 7) is 0.0895. The van der Waals surface area contributed by atoms with Gasteiger partial charge in [0, 0.05) is 4.88 Å². The lowest BCUT2D eigenvalue weighted by molar-refractivity contribution is -0.119. The lowest BCUT2D eigenvalue weighted by Gasteiger charge is -2.12. The molecule has 7 nitrogen and oxygen atoms in total. The summed E-state index contributed by atoms with van der Waals surface area (Å²) in [6.07, 6.45) is 9.12. The topological polar surface area (TPSA) is 92.4 Å². The SMILES string of the molecule is O=C(CNc1ncnc2sc3c(c12)CCCC3)NN=Cc1ccco1. The number of thiophene rings is 1. The van der Waals surface area contributed by atoms with Crippen LogP contribution >= 0.6 is 11.3 Å². The maximum absolute atomic E-state index is 11.9. The predicted octanol–water partition coefficient (Wildman–Crippen LogP) is 2.73. The molecule has 4 rings (SSSR count). The number of nitrogens with one attached hydrogen (secondary N) is 2. The Bertz CT molecular complexity index is 917. The van der Waals surface area contributed by atoms with Crippen molar-refractivity contribution in [3.8, 4) is 0 Å². The monoisotopic (exact) mass is 355 g/mol. The second-order valence-corrected chi connectivity index (χ2v) is 6.86. The minimum absolute atomic E-state index is 0.0895. The number of aromatic nitrogens is 2. The molecule has 0 radical (unpaired) electrons. The van der Waals surface area contributed by atoms with Crippen molar-refractivity contribution in [3.63, 3.8) is 0 Å². The van der Waals surface area contributed by atoms with E-state index in [1.165, 1.54) is 29.5 Å². The third-order valence-corrected chi connectivity index (χ3v) is 5.29. The van der Waals surface area contributed by atoms with Gasteiger partial charge in [-0.15, -0.1) is 11.3 Å². The number of hydrazone groups is 1. The van der Waals surface area contributed by atoms with Gasteiger partial charge >= 0.3 is 0 Å². The molecule has 3 aromatic heterocycles. The lowest BCUT2D eigenvalue weighted by Crippen LogP contribution is -2.26. The van der Waals surface area contributed by atoms with Gasteiger partial charge in [0.15, 0.2) is 0 Å². The van der Waals surface area contributed by atoms with E-state index in [1.54, 1.807) is 36.1 Å². The zero-order chi connectivity index (χ0) is 17.1. The summed E-state index contributed by atoms with van der Waals surface area (Å²) >= 11 is 1.73. The Balaban J connectivity index is 1.44. The molecule has 0 saturated heterocycles. The second-order valence-electron chi connectivity index (χ2n) is 5.78. The van der Waals surface area contributed by atoms with E-state index in [0.29, 0.717) is 5.76 Å². The molecule has 0 unspecified atom stereocenters. The summed E-state index contributed by atoms with van der Waals surface area (Å²) in [4.78, 5) is 23.1. The van der Waals surface area contributed by atoms with Gasteiger partial charge in [-0.1, -0.05) is 0 Å². The van der Waals surface area contributed by atoms with Crippen molar-refractivity contribution in [1.29, 1.82) is 0 Å². The first-order valence-corrected chi connectivity index (χ1v) is 8.97. The van der Waals surface area contributed by atoms with Gasteiger partial charge in [0.05, 0.1) is 24.4 Å². The minimum Gasteiger partial charge on any atom is -0.463 e. The number of carbonyl (C=O) groups excluding carboxylic acids is 1. The largest absolute Gasteiger partial charge is 0.463 e. The first kappa shape index (κ1) is 15.8. The normalized spacial score (nSPS) is 13.9. The summed E-state index contributed by atoms with van der Waals surface area (Å²) in [5.41, 5.74) is 3.80. The number of fused-ring (bicyclic) bond motifs is 3. The Morgan fingerprint density at radius 1 is 1.36 bits per heavy atom. The number of hydrogen-bond acceptors (Lipinski definition) is 7. The number of aryl methyl sites for hydroxylation is 2. The Morgan fingerprint density at radius 2 is 2.28 bits per heavy atom. The van der Waals surface area contributed by atoms with Crippen LogP contribution in [0.3, 0.4) is 0 Å². The molecule has 0 saturated carbocycles. The third-order valence-electron chi connectivity index (χ3n) is 4.09. The molecule has 1 aliphatic carbocycles. The number of anilines is 1. The maximum Gasteiger partial charge on any atom is 0.259 e. The molecule has 0 aromatic carbocycles. The standard InChI is InChI=1S/C17H17N5O2S/c23-14(22-21-8-11-4-3-7-24-11)9-18-16-15-12-5-1-2-6-13(12)25-17(15)20-10-19-16/h3-4,7-8,10H,1-2,5-6,9H2,(H,22,23)(H,18,19,20). The van der Waals surface area contributed by atoms with Crippen LogP contribution in [0.2, 0.25) is 0 Å². The zero-order valence-corrected chi connectivity index (χ0v) is 14.3. The predicted molar refractivity (Wildman–Crippen MR) is 97.0 cm³/mol. The molecule has 0 atom stereocenters. The van der Waals surface area contributed by atoms with Crippen LogP contribution in [0, 0.1) is 0 Å². The van der Waals surface area contributed by atoms with Crippen LogP contribution in [0.25, 0.3) is 10.2 Å². The molecule has 0 bridgehead atoms. The molecule has 1 amide bonds. The van der Waals surface area contributed by atoms with Crippen LogP contribution in [0.15, 0.2) is 34.2 Å². The van der Waals surface area contributed by atoms with Crippen molar-refractivity contribution in [2.45, 2.75) is 25.7 Å². The van der Waals surface area contributed by atoms with Gasteiger partial charge in [0.2, 0.25) is 0 Å². The fraction of sp³-hybridized carbons (Fsp3) is 0.294. The van der Waals surface area contributed by atoms with E-state index in [-0.39, 0.29) is 12.5 Å². The molecule has 1 aliphatic rings. The second kappa shape index (κ2) is 7.02. The van der Waals surface area contributed by atoms with Gasteiger partial charge in [0.1, 0.15) is 22.7 Å². The first-order chi connectivity index (χ1) is 12.3. The number of amides is 1. The van der Waals surface area contributed by atoms with Gasteiger partial charge < -0.3 is 9.73 Å². The molecule has 128 valence electrons. The van der Waals surface area contributed by atoms with Crippen LogP contribution < -0.4 is 10.7 Å². The summed E-state index contributed by atoms with van der Waals surface area (Å²) in [5.74, 6) is 1.05. The lowest BCUT2D eigenvalue weighted by atomic mass is 9.97. The molecule has 8 heteroatoms. The van der Waals surface area contributed by atoms with Gasteiger partial charge in [0.25, 0.3) is 5.91 Å². The summed E-state index contributed by atoms with van der Waals surface area (Å²) < 4.78 is 5.10. The van der Waals surface area contributed by atoms with E-state index in [1.807, 2.05) is 0 Å². The van der Waals surface area contributed by atoms with Crippen LogP contribution in [-0.4, -0.2) is 28.6 Å². The molecular weight excluding hydrogens is 338 g/mol. The van der Waals surface area contributed by atoms with Gasteiger partial charge in [-0.25, -0.2) is 15.4 Å². The van der Waals surface area contributed by atoms with Crippen LogP contribution in [-0.2, 0) is 17.6 Å². The number of furan rings is 1. The molecule has 3 heterocycles. The average Bonchev–Trinajstić information content (AvgIpc) is 3.27. The van der Waals surface area contributed by atoms with Crippen molar-refractivity contribution < 1.29 is 9.21 Å². The Hall–Kier alpha value is -2.74. The van der Waals surface area contributed by atoms with Crippen LogP contribution in [0.1, 0.15) is 29.0 Å². The quantitative estimate of drug-likeness (QED) is 0.542. The zero-order valence-electron chi connectivity index (χ0n) is 13.5. The van der Waals surface area contributed by atoms with E-state index < -0.39 is 0 Å². The molecule has 0 fully saturated rings. The smallest absolute Gasteiger partial charge is 0.259 e. The van der Waals surface area contributed by atoms with Crippen LogP contribution in [0.5, 0.6) is 0 Å². The van der Waals surface area contributed by atoms with Crippen molar-refractivity contribution in [1.82, 2.24) is 15.4 Å². The molecule has 2 N–H and O–H groups in total. The molecular formula is C17H17N5O2S. The minimum atomic E-state index is -0.251. The highest BCUT2D eigenvalue weighted by atomic mass is 32.1. The number of rotatable bonds is 5. The fourth-order valence-corrected chi connectivity index (χ4v) is 4.19. The van der Waals surface area contributed by atoms with E-state index in [4.69, 9.17) is 4.42 Å². The number of nitrogens with zero attached hydrogens (tertiary/aromatic N) is 3. The molecule has 25 heavy (non-hydrogen) atoms. The van der Waals surface area contributed by atoms with Gasteiger partial charge in [-0.2, -0.15) is 5.10 Å². The fourth-order valence-electron chi connectivity index (χ4n) is 2.96. The summed E-state index contributed by atoms with van der Waals surface area (Å²) in [7, 11) is 0.